The fourth-order valence-electron chi connectivity index (χ4n) is 2.70. The predicted octanol–water partition coefficient (Wildman–Crippen LogP) is 3.83. The molecule has 102 valence electrons. The molecule has 2 rings (SSSR count). The molecule has 19 heavy (non-hydrogen) atoms. The minimum absolute atomic E-state index is 0.165. The average Bonchev–Trinajstić information content (AvgIpc) is 2.63. The van der Waals surface area contributed by atoms with Crippen LogP contribution in [0, 0.1) is 17.2 Å². The van der Waals surface area contributed by atoms with Crippen LogP contribution in [0.25, 0.3) is 0 Å². The van der Waals surface area contributed by atoms with Gasteiger partial charge in [0.25, 0.3) is 0 Å². The summed E-state index contributed by atoms with van der Waals surface area (Å²) in [7, 11) is 0. The average molecular weight is 268 g/mol. The summed E-state index contributed by atoms with van der Waals surface area (Å²) in [5, 5.41) is 8.99. The monoisotopic (exact) mass is 268 g/mol. The summed E-state index contributed by atoms with van der Waals surface area (Å²) < 4.78 is 39.1. The molecule has 1 atom stereocenters. The van der Waals surface area contributed by atoms with Crippen LogP contribution in [0.15, 0.2) is 24.3 Å². The summed E-state index contributed by atoms with van der Waals surface area (Å²) in [6.45, 7) is 4.09. The van der Waals surface area contributed by atoms with E-state index in [0.29, 0.717) is 13.0 Å². The van der Waals surface area contributed by atoms with Crippen LogP contribution in [-0.4, -0.2) is 12.1 Å². The van der Waals surface area contributed by atoms with Crippen LogP contribution in [0.3, 0.4) is 0 Å². The first-order valence-electron chi connectivity index (χ1n) is 6.09. The molecule has 1 unspecified atom stereocenters. The Morgan fingerprint density at radius 1 is 1.32 bits per heavy atom. The van der Waals surface area contributed by atoms with Crippen LogP contribution in [-0.2, 0) is 6.18 Å². The number of benzene rings is 1. The molecule has 1 aromatic carbocycles. The molecule has 1 fully saturated rings. The zero-order valence-electron chi connectivity index (χ0n) is 10.8. The Labute approximate surface area is 110 Å². The molecule has 0 amide bonds. The van der Waals surface area contributed by atoms with E-state index in [0.717, 1.165) is 6.07 Å². The summed E-state index contributed by atoms with van der Waals surface area (Å²) >= 11 is 0. The predicted molar refractivity (Wildman–Crippen MR) is 66.6 cm³/mol. The van der Waals surface area contributed by atoms with Crippen molar-refractivity contribution in [3.8, 4) is 6.07 Å². The quantitative estimate of drug-likeness (QED) is 0.774. The van der Waals surface area contributed by atoms with Crippen molar-refractivity contribution in [3.05, 3.63) is 29.8 Å². The van der Waals surface area contributed by atoms with Crippen molar-refractivity contribution >= 4 is 5.69 Å². The van der Waals surface area contributed by atoms with Gasteiger partial charge in [0.1, 0.15) is 0 Å². The molecule has 1 heterocycles. The third-order valence-electron chi connectivity index (χ3n) is 3.56. The lowest BCUT2D eigenvalue weighted by atomic mass is 9.96. The topological polar surface area (TPSA) is 27.0 Å². The van der Waals surface area contributed by atoms with Gasteiger partial charge in [-0.25, -0.2) is 0 Å². The van der Waals surface area contributed by atoms with Crippen LogP contribution in [0.5, 0.6) is 0 Å². The molecule has 0 N–H and O–H groups in total. The van der Waals surface area contributed by atoms with Gasteiger partial charge in [-0.3, -0.25) is 0 Å². The Bertz CT molecular complexity index is 514. The molecule has 1 aliphatic heterocycles. The zero-order valence-corrected chi connectivity index (χ0v) is 10.8. The Kier molecular flexibility index (Phi) is 3.21. The molecule has 2 nitrogen and oxygen atoms in total. The van der Waals surface area contributed by atoms with Gasteiger partial charge in [0.2, 0.25) is 0 Å². The second-order valence-corrected chi connectivity index (χ2v) is 5.47. The highest BCUT2D eigenvalue weighted by Crippen LogP contribution is 2.42. The van der Waals surface area contributed by atoms with E-state index >= 15 is 0 Å². The maximum Gasteiger partial charge on any atom is 0.418 e. The van der Waals surface area contributed by atoms with Crippen molar-refractivity contribution in [1.82, 2.24) is 0 Å². The fraction of sp³-hybridized carbons (Fsp3) is 0.500. The van der Waals surface area contributed by atoms with Gasteiger partial charge < -0.3 is 4.90 Å². The molecular weight excluding hydrogens is 253 g/mol. The van der Waals surface area contributed by atoms with E-state index in [-0.39, 0.29) is 11.6 Å². The number of nitriles is 1. The van der Waals surface area contributed by atoms with Crippen LogP contribution < -0.4 is 4.90 Å². The van der Waals surface area contributed by atoms with Gasteiger partial charge in [-0.15, -0.1) is 0 Å². The molecule has 0 saturated carbocycles. The third kappa shape index (κ3) is 2.53. The molecule has 0 bridgehead atoms. The van der Waals surface area contributed by atoms with Crippen LogP contribution in [0.1, 0.15) is 25.8 Å². The van der Waals surface area contributed by atoms with Crippen molar-refractivity contribution in [2.24, 2.45) is 5.92 Å². The molecule has 0 spiro atoms. The summed E-state index contributed by atoms with van der Waals surface area (Å²) in [5.74, 6) is -0.226. The Hall–Kier alpha value is -1.70. The molecule has 1 aromatic rings. The molecule has 0 radical (unpaired) electrons. The van der Waals surface area contributed by atoms with Crippen LogP contribution in [0.4, 0.5) is 18.9 Å². The second-order valence-electron chi connectivity index (χ2n) is 5.47. The lowest BCUT2D eigenvalue weighted by Gasteiger charge is -2.35. The molecular formula is C14H15F3N2. The van der Waals surface area contributed by atoms with Crippen molar-refractivity contribution in [1.29, 1.82) is 5.26 Å². The van der Waals surface area contributed by atoms with Gasteiger partial charge in [-0.2, -0.15) is 18.4 Å². The maximum absolute atomic E-state index is 13.0. The summed E-state index contributed by atoms with van der Waals surface area (Å²) in [6.07, 6.45) is -3.80. The highest BCUT2D eigenvalue weighted by Gasteiger charge is 2.42. The van der Waals surface area contributed by atoms with Gasteiger partial charge in [0.15, 0.2) is 0 Å². The van der Waals surface area contributed by atoms with Gasteiger partial charge in [0.05, 0.1) is 17.6 Å². The highest BCUT2D eigenvalue weighted by atomic mass is 19.4. The Balaban J connectivity index is 2.46. The highest BCUT2D eigenvalue weighted by molar-refractivity contribution is 5.58. The van der Waals surface area contributed by atoms with Crippen molar-refractivity contribution in [2.45, 2.75) is 32.0 Å². The number of halogens is 3. The number of anilines is 1. The van der Waals surface area contributed by atoms with Crippen molar-refractivity contribution in [3.63, 3.8) is 0 Å². The van der Waals surface area contributed by atoms with Crippen LogP contribution >= 0.6 is 0 Å². The lowest BCUT2D eigenvalue weighted by Crippen LogP contribution is -2.39. The van der Waals surface area contributed by atoms with E-state index in [2.05, 4.69) is 6.07 Å². The summed E-state index contributed by atoms with van der Waals surface area (Å²) in [6, 6.07) is 7.70. The Morgan fingerprint density at radius 2 is 1.95 bits per heavy atom. The van der Waals surface area contributed by atoms with E-state index in [4.69, 9.17) is 5.26 Å². The zero-order chi connectivity index (χ0) is 14.3. The van der Waals surface area contributed by atoms with Gasteiger partial charge in [-0.1, -0.05) is 12.1 Å². The largest absolute Gasteiger partial charge is 0.418 e. The molecule has 1 saturated heterocycles. The van der Waals surface area contributed by atoms with Crippen molar-refractivity contribution < 1.29 is 13.2 Å². The third-order valence-corrected chi connectivity index (χ3v) is 3.56. The molecule has 0 aromatic heterocycles. The lowest BCUT2D eigenvalue weighted by molar-refractivity contribution is -0.137. The van der Waals surface area contributed by atoms with E-state index in [1.807, 2.05) is 13.8 Å². The first-order chi connectivity index (χ1) is 8.75. The van der Waals surface area contributed by atoms with Crippen molar-refractivity contribution in [2.75, 3.05) is 11.4 Å². The van der Waals surface area contributed by atoms with Crippen LogP contribution in [0.2, 0.25) is 0 Å². The van der Waals surface area contributed by atoms with E-state index in [1.54, 1.807) is 11.0 Å². The summed E-state index contributed by atoms with van der Waals surface area (Å²) in [5.41, 5.74) is -0.915. The number of nitrogens with zero attached hydrogens (tertiary/aromatic N) is 2. The van der Waals surface area contributed by atoms with E-state index in [1.165, 1.54) is 12.1 Å². The van der Waals surface area contributed by atoms with Gasteiger partial charge in [0, 0.05) is 17.8 Å². The number of rotatable bonds is 1. The maximum atomic E-state index is 13.0. The second kappa shape index (κ2) is 4.44. The fourth-order valence-corrected chi connectivity index (χ4v) is 2.70. The molecule has 5 heteroatoms. The smallest absolute Gasteiger partial charge is 0.365 e. The first-order valence-corrected chi connectivity index (χ1v) is 6.09. The summed E-state index contributed by atoms with van der Waals surface area (Å²) in [4.78, 5) is 1.70. The first kappa shape index (κ1) is 13.7. The number of alkyl halides is 3. The van der Waals surface area contributed by atoms with Gasteiger partial charge in [-0.05, 0) is 32.4 Å². The van der Waals surface area contributed by atoms with E-state index in [9.17, 15) is 13.2 Å². The standard InChI is InChI=1S/C14H15F3N2/c1-13(2)7-10(8-18)9-19(13)12-6-4-3-5-11(12)14(15,16)17/h3-6,10H,7,9H2,1-2H3. The SMILES string of the molecule is CC1(C)CC(C#N)CN1c1ccccc1C(F)(F)F. The normalized spacial score (nSPS) is 22.3. The minimum atomic E-state index is -4.38. The Morgan fingerprint density at radius 3 is 2.47 bits per heavy atom. The molecule has 0 aliphatic carbocycles. The van der Waals surface area contributed by atoms with Gasteiger partial charge >= 0.3 is 6.18 Å². The minimum Gasteiger partial charge on any atom is -0.365 e. The number of hydrogen-bond acceptors (Lipinski definition) is 2. The molecule has 1 aliphatic rings. The van der Waals surface area contributed by atoms with E-state index < -0.39 is 17.3 Å². The number of para-hydroxylation sites is 1. The number of hydrogen-bond donors (Lipinski definition) is 0.